The number of carbonyl (C=O) groups excluding carboxylic acids is 1. The Morgan fingerprint density at radius 3 is 2.00 bits per heavy atom. The van der Waals surface area contributed by atoms with Gasteiger partial charge in [-0.15, -0.1) is 0 Å². The zero-order valence-corrected chi connectivity index (χ0v) is 20.3. The summed E-state index contributed by atoms with van der Waals surface area (Å²) in [7, 11) is -3.04. The van der Waals surface area contributed by atoms with Gasteiger partial charge in [-0.3, -0.25) is 4.90 Å². The highest BCUT2D eigenvalue weighted by molar-refractivity contribution is 6.98. The lowest BCUT2D eigenvalue weighted by atomic mass is 10.0. The number of nitrogens with zero attached hydrogens (tertiary/aromatic N) is 1. The third kappa shape index (κ3) is 5.10. The first kappa shape index (κ1) is 23.3. The van der Waals surface area contributed by atoms with E-state index >= 15 is 0 Å². The molecule has 0 spiro atoms. The van der Waals surface area contributed by atoms with E-state index in [1.165, 1.54) is 0 Å². The van der Waals surface area contributed by atoms with Crippen molar-refractivity contribution in [1.82, 2.24) is 4.90 Å². The topological polar surface area (TPSA) is 49.8 Å². The standard InChI is InChI=1S/C26H35NO3Si/c1-25(2,3)30-24(28)27-20-12-13-21(27)18-19-26(4,5)31(29,22-14-8-6-9-15-22)23-16-10-7-11-17-23/h6-12,14-17,20-21,29H,13,18-19H2,1-5H3/t21-/m0/s1. The fourth-order valence-electron chi connectivity index (χ4n) is 4.36. The minimum atomic E-state index is -3.04. The molecule has 0 fully saturated rings. The zero-order chi connectivity index (χ0) is 22.7. The molecule has 1 aliphatic rings. The van der Waals surface area contributed by atoms with Gasteiger partial charge in [-0.25, -0.2) is 4.79 Å². The van der Waals surface area contributed by atoms with Gasteiger partial charge in [-0.05, 0) is 55.4 Å². The summed E-state index contributed by atoms with van der Waals surface area (Å²) in [4.78, 5) is 26.7. The van der Waals surface area contributed by atoms with Crippen molar-refractivity contribution >= 4 is 24.8 Å². The predicted octanol–water partition coefficient (Wildman–Crippen LogP) is 4.82. The molecule has 166 valence electrons. The molecule has 2 aromatic carbocycles. The van der Waals surface area contributed by atoms with Crippen molar-refractivity contribution in [2.75, 3.05) is 0 Å². The molecule has 5 heteroatoms. The monoisotopic (exact) mass is 437 g/mol. The van der Waals surface area contributed by atoms with Crippen molar-refractivity contribution in [2.45, 2.75) is 70.6 Å². The van der Waals surface area contributed by atoms with Crippen molar-refractivity contribution in [3.63, 3.8) is 0 Å². The minimum absolute atomic E-state index is 0.0546. The van der Waals surface area contributed by atoms with Crippen LogP contribution in [0.5, 0.6) is 0 Å². The Hall–Kier alpha value is -2.37. The van der Waals surface area contributed by atoms with Crippen LogP contribution >= 0.6 is 0 Å². The van der Waals surface area contributed by atoms with Crippen LogP contribution in [0.4, 0.5) is 4.79 Å². The predicted molar refractivity (Wildman–Crippen MR) is 129 cm³/mol. The van der Waals surface area contributed by atoms with E-state index in [9.17, 15) is 9.59 Å². The molecule has 1 aliphatic heterocycles. The van der Waals surface area contributed by atoms with Gasteiger partial charge in [-0.2, -0.15) is 0 Å². The molecule has 0 saturated carbocycles. The summed E-state index contributed by atoms with van der Waals surface area (Å²) in [5.41, 5.74) is -0.523. The summed E-state index contributed by atoms with van der Waals surface area (Å²) < 4.78 is 5.58. The number of carbonyl (C=O) groups is 1. The molecule has 1 amide bonds. The lowest BCUT2D eigenvalue weighted by Crippen LogP contribution is -2.65. The largest absolute Gasteiger partial charge is 0.443 e. The third-order valence-electron chi connectivity index (χ3n) is 6.14. The van der Waals surface area contributed by atoms with Crippen LogP contribution in [0, 0.1) is 0 Å². The normalized spacial score (nSPS) is 17.1. The summed E-state index contributed by atoms with van der Waals surface area (Å²) in [5.74, 6) is 0. The molecule has 0 radical (unpaired) electrons. The number of ether oxygens (including phenoxy) is 1. The van der Waals surface area contributed by atoms with Gasteiger partial charge in [0.2, 0.25) is 0 Å². The molecule has 3 rings (SSSR count). The lowest BCUT2D eigenvalue weighted by molar-refractivity contribution is 0.0279. The number of amides is 1. The fraction of sp³-hybridized carbons (Fsp3) is 0.423. The Kier molecular flexibility index (Phi) is 6.77. The molecule has 0 unspecified atom stereocenters. The molecule has 1 heterocycles. The summed E-state index contributed by atoms with van der Waals surface area (Å²) in [6.45, 7) is 9.98. The highest BCUT2D eigenvalue weighted by atomic mass is 28.4. The van der Waals surface area contributed by atoms with Crippen molar-refractivity contribution in [3.8, 4) is 0 Å². The van der Waals surface area contributed by atoms with E-state index in [1.54, 1.807) is 4.90 Å². The second-order valence-electron chi connectivity index (χ2n) is 10.0. The van der Waals surface area contributed by atoms with E-state index in [1.807, 2.05) is 93.7 Å². The maximum atomic E-state index is 12.6. The Balaban J connectivity index is 1.83. The van der Waals surface area contributed by atoms with Gasteiger partial charge in [0, 0.05) is 12.2 Å². The van der Waals surface area contributed by atoms with Gasteiger partial charge in [0.15, 0.2) is 0 Å². The van der Waals surface area contributed by atoms with Crippen LogP contribution in [0.1, 0.15) is 53.9 Å². The van der Waals surface area contributed by atoms with E-state index in [4.69, 9.17) is 4.74 Å². The molecule has 1 N–H and O–H groups in total. The van der Waals surface area contributed by atoms with Crippen LogP contribution in [0.15, 0.2) is 72.9 Å². The smallest absolute Gasteiger partial charge is 0.414 e. The molecule has 0 aliphatic carbocycles. The molecule has 4 nitrogen and oxygen atoms in total. The zero-order valence-electron chi connectivity index (χ0n) is 19.3. The Bertz CT molecular complexity index is 864. The molecule has 31 heavy (non-hydrogen) atoms. The second-order valence-corrected chi connectivity index (χ2v) is 14.0. The SMILES string of the molecule is CC(C)(C)OC(=O)N1C=CC[C@H]1CCC(C)(C)[Si](O)(c1ccccc1)c1ccccc1. The van der Waals surface area contributed by atoms with Crippen LogP contribution in [0.2, 0.25) is 5.04 Å². The van der Waals surface area contributed by atoms with Crippen molar-refractivity contribution in [1.29, 1.82) is 0 Å². The van der Waals surface area contributed by atoms with Gasteiger partial charge < -0.3 is 9.53 Å². The van der Waals surface area contributed by atoms with Gasteiger partial charge in [0.1, 0.15) is 5.60 Å². The summed E-state index contributed by atoms with van der Waals surface area (Å²) in [6, 6.07) is 20.2. The summed E-state index contributed by atoms with van der Waals surface area (Å²) in [6.07, 6.45) is 5.97. The molecule has 1 atom stereocenters. The highest BCUT2D eigenvalue weighted by Gasteiger charge is 2.50. The van der Waals surface area contributed by atoms with Crippen LogP contribution in [-0.4, -0.2) is 35.7 Å². The van der Waals surface area contributed by atoms with E-state index in [-0.39, 0.29) is 17.2 Å². The van der Waals surface area contributed by atoms with Crippen molar-refractivity contribution in [2.24, 2.45) is 0 Å². The van der Waals surface area contributed by atoms with Crippen LogP contribution in [-0.2, 0) is 4.74 Å². The quantitative estimate of drug-likeness (QED) is 0.659. The molecule has 0 aromatic heterocycles. The first-order valence-corrected chi connectivity index (χ1v) is 13.0. The molecule has 0 saturated heterocycles. The van der Waals surface area contributed by atoms with E-state index in [0.29, 0.717) is 0 Å². The van der Waals surface area contributed by atoms with Crippen molar-refractivity contribution in [3.05, 3.63) is 72.9 Å². The molecular weight excluding hydrogens is 402 g/mol. The number of hydrogen-bond acceptors (Lipinski definition) is 3. The maximum Gasteiger partial charge on any atom is 0.414 e. The van der Waals surface area contributed by atoms with Crippen LogP contribution in [0.25, 0.3) is 0 Å². The third-order valence-corrected chi connectivity index (χ3v) is 10.7. The number of hydrogen-bond donors (Lipinski definition) is 1. The van der Waals surface area contributed by atoms with Gasteiger partial charge >= 0.3 is 6.09 Å². The van der Waals surface area contributed by atoms with Crippen molar-refractivity contribution < 1.29 is 14.3 Å². The molecule has 2 aromatic rings. The van der Waals surface area contributed by atoms with Crippen LogP contribution in [0.3, 0.4) is 0 Å². The lowest BCUT2D eigenvalue weighted by Gasteiger charge is -2.42. The van der Waals surface area contributed by atoms with E-state index in [0.717, 1.165) is 29.6 Å². The first-order valence-electron chi connectivity index (χ1n) is 11.1. The van der Waals surface area contributed by atoms with Gasteiger partial charge in [0.25, 0.3) is 8.32 Å². The Labute approximate surface area is 187 Å². The molecular formula is C26H35NO3Si. The second kappa shape index (κ2) is 9.01. The van der Waals surface area contributed by atoms with Gasteiger partial charge in [0.05, 0.1) is 0 Å². The molecule has 0 bridgehead atoms. The summed E-state index contributed by atoms with van der Waals surface area (Å²) >= 11 is 0. The maximum absolute atomic E-state index is 12.6. The number of benzene rings is 2. The van der Waals surface area contributed by atoms with Crippen LogP contribution < -0.4 is 10.4 Å². The average Bonchev–Trinajstić information content (AvgIpc) is 3.21. The highest BCUT2D eigenvalue weighted by Crippen LogP contribution is 2.41. The fourth-order valence-corrected chi connectivity index (χ4v) is 8.12. The minimum Gasteiger partial charge on any atom is -0.443 e. The average molecular weight is 438 g/mol. The number of rotatable bonds is 6. The Morgan fingerprint density at radius 2 is 1.52 bits per heavy atom. The van der Waals surface area contributed by atoms with Gasteiger partial charge in [-0.1, -0.05) is 80.6 Å². The first-order chi connectivity index (χ1) is 14.5. The Morgan fingerprint density at radius 1 is 1.00 bits per heavy atom. The van der Waals surface area contributed by atoms with E-state index in [2.05, 4.69) is 13.8 Å². The van der Waals surface area contributed by atoms with E-state index < -0.39 is 13.9 Å². The summed E-state index contributed by atoms with van der Waals surface area (Å²) in [5, 5.41) is 1.69.